The van der Waals surface area contributed by atoms with Crippen LogP contribution in [0, 0.1) is 5.82 Å². The molecule has 0 atom stereocenters. The smallest absolute Gasteiger partial charge is 0.284 e. The summed E-state index contributed by atoms with van der Waals surface area (Å²) in [4.78, 5) is 11.1. The van der Waals surface area contributed by atoms with E-state index in [4.69, 9.17) is 0 Å². The van der Waals surface area contributed by atoms with Gasteiger partial charge in [0.2, 0.25) is 0 Å². The highest BCUT2D eigenvalue weighted by Crippen LogP contribution is 2.23. The van der Waals surface area contributed by atoms with Crippen LogP contribution in [0.15, 0.2) is 48.5 Å². The average molecular weight is 282 g/mol. The minimum atomic E-state index is -5.00. The maximum absolute atomic E-state index is 13.4. The molecule has 20 heavy (non-hydrogen) atoms. The molecular weight excluding hydrogens is 272 g/mol. The molecule has 0 aliphatic heterocycles. The van der Waals surface area contributed by atoms with Gasteiger partial charge in [0.15, 0.2) is 0 Å². The van der Waals surface area contributed by atoms with Crippen molar-refractivity contribution in [2.24, 2.45) is 0 Å². The molecule has 0 aromatic heterocycles. The molecule has 2 rings (SSSR count). The largest absolute Gasteiger partial charge is 0.454 e. The van der Waals surface area contributed by atoms with Crippen LogP contribution in [-0.4, -0.2) is 12.0 Å². The second kappa shape index (κ2) is 5.45. The van der Waals surface area contributed by atoms with E-state index in [1.54, 1.807) is 30.3 Å². The van der Waals surface area contributed by atoms with Crippen LogP contribution in [0.25, 0.3) is 0 Å². The van der Waals surface area contributed by atoms with Crippen molar-refractivity contribution in [1.82, 2.24) is 0 Å². The molecule has 2 aromatic rings. The lowest BCUT2D eigenvalue weighted by molar-refractivity contribution is -0.0885. The molecule has 0 radical (unpaired) electrons. The fourth-order valence-corrected chi connectivity index (χ4v) is 1.88. The first-order valence-corrected chi connectivity index (χ1v) is 5.81. The van der Waals surface area contributed by atoms with Gasteiger partial charge >= 0.3 is 6.18 Å². The number of ketones is 1. The quantitative estimate of drug-likeness (QED) is 0.610. The van der Waals surface area contributed by atoms with Gasteiger partial charge in [0, 0.05) is 5.56 Å². The summed E-state index contributed by atoms with van der Waals surface area (Å²) in [6.07, 6.45) is -4.74. The Labute approximate surface area is 112 Å². The Kier molecular flexibility index (Phi) is 3.88. The first kappa shape index (κ1) is 14.2. The second-order valence-electron chi connectivity index (χ2n) is 4.34. The Morgan fingerprint density at radius 3 is 2.20 bits per heavy atom. The number of hydrogen-bond acceptors (Lipinski definition) is 1. The monoisotopic (exact) mass is 282 g/mol. The highest BCUT2D eigenvalue weighted by Gasteiger charge is 2.39. The van der Waals surface area contributed by atoms with E-state index in [1.165, 1.54) is 0 Å². The molecule has 0 spiro atoms. The standard InChI is InChI=1S/C15H10F4O/c16-13-8-11(6-10-4-2-1-3-5-10)7-12(9-13)14(20)15(17,18)19/h1-5,7-9H,6H2. The summed E-state index contributed by atoms with van der Waals surface area (Å²) in [6.45, 7) is 0. The zero-order valence-corrected chi connectivity index (χ0v) is 10.2. The van der Waals surface area contributed by atoms with E-state index in [9.17, 15) is 22.4 Å². The van der Waals surface area contributed by atoms with Gasteiger partial charge in [-0.15, -0.1) is 0 Å². The average Bonchev–Trinajstić information content (AvgIpc) is 2.37. The summed E-state index contributed by atoms with van der Waals surface area (Å²) >= 11 is 0. The van der Waals surface area contributed by atoms with Crippen molar-refractivity contribution in [3.8, 4) is 0 Å². The lowest BCUT2D eigenvalue weighted by atomic mass is 10.0. The van der Waals surface area contributed by atoms with Crippen molar-refractivity contribution >= 4 is 5.78 Å². The van der Waals surface area contributed by atoms with Crippen molar-refractivity contribution in [3.63, 3.8) is 0 Å². The van der Waals surface area contributed by atoms with Crippen LogP contribution >= 0.6 is 0 Å². The summed E-state index contributed by atoms with van der Waals surface area (Å²) in [5.74, 6) is -2.89. The molecule has 0 heterocycles. The van der Waals surface area contributed by atoms with Gasteiger partial charge in [-0.05, 0) is 35.7 Å². The molecule has 0 unspecified atom stereocenters. The molecule has 0 aliphatic carbocycles. The van der Waals surface area contributed by atoms with Crippen LogP contribution in [0.1, 0.15) is 21.5 Å². The number of alkyl halides is 3. The van der Waals surface area contributed by atoms with E-state index in [1.807, 2.05) is 0 Å². The number of benzene rings is 2. The minimum Gasteiger partial charge on any atom is -0.284 e. The highest BCUT2D eigenvalue weighted by molar-refractivity contribution is 6.00. The Morgan fingerprint density at radius 1 is 0.950 bits per heavy atom. The third kappa shape index (κ3) is 3.44. The SMILES string of the molecule is O=C(c1cc(F)cc(Cc2ccccc2)c1)C(F)(F)F. The van der Waals surface area contributed by atoms with Gasteiger partial charge in [-0.3, -0.25) is 4.79 Å². The predicted molar refractivity (Wildman–Crippen MR) is 66.0 cm³/mol. The van der Waals surface area contributed by atoms with Gasteiger partial charge in [-0.1, -0.05) is 30.3 Å². The number of Topliss-reactive ketones (excluding diaryl/α,β-unsaturated/α-hetero) is 1. The van der Waals surface area contributed by atoms with E-state index >= 15 is 0 Å². The van der Waals surface area contributed by atoms with E-state index in [2.05, 4.69) is 0 Å². The van der Waals surface area contributed by atoms with Crippen LogP contribution in [0.3, 0.4) is 0 Å². The molecule has 0 amide bonds. The summed E-state index contributed by atoms with van der Waals surface area (Å²) in [6, 6.07) is 11.7. The molecule has 5 heteroatoms. The van der Waals surface area contributed by atoms with Crippen molar-refractivity contribution in [2.75, 3.05) is 0 Å². The van der Waals surface area contributed by atoms with Crippen LogP contribution in [0.4, 0.5) is 17.6 Å². The molecule has 0 fully saturated rings. The fourth-order valence-electron chi connectivity index (χ4n) is 1.88. The second-order valence-corrected chi connectivity index (χ2v) is 4.34. The van der Waals surface area contributed by atoms with Gasteiger partial charge in [-0.25, -0.2) is 4.39 Å². The maximum Gasteiger partial charge on any atom is 0.454 e. The summed E-state index contributed by atoms with van der Waals surface area (Å²) in [5.41, 5.74) is 0.468. The Hall–Kier alpha value is -2.17. The van der Waals surface area contributed by atoms with Gasteiger partial charge in [0.05, 0.1) is 0 Å². The number of halogens is 4. The molecule has 0 bridgehead atoms. The van der Waals surface area contributed by atoms with Crippen LogP contribution in [0.2, 0.25) is 0 Å². The van der Waals surface area contributed by atoms with Gasteiger partial charge in [0.1, 0.15) is 5.82 Å². The Balaban J connectivity index is 2.32. The lowest BCUT2D eigenvalue weighted by Crippen LogP contribution is -2.23. The Morgan fingerprint density at radius 2 is 1.60 bits per heavy atom. The number of carbonyl (C=O) groups is 1. The molecule has 1 nitrogen and oxygen atoms in total. The van der Waals surface area contributed by atoms with Crippen LogP contribution in [0.5, 0.6) is 0 Å². The third-order valence-electron chi connectivity index (χ3n) is 2.73. The molecule has 0 N–H and O–H groups in total. The molecule has 0 saturated heterocycles. The maximum atomic E-state index is 13.4. The lowest BCUT2D eigenvalue weighted by Gasteiger charge is -2.08. The van der Waals surface area contributed by atoms with E-state index in [-0.39, 0.29) is 6.42 Å². The third-order valence-corrected chi connectivity index (χ3v) is 2.73. The van der Waals surface area contributed by atoms with E-state index in [0.717, 1.165) is 17.7 Å². The first-order valence-electron chi connectivity index (χ1n) is 5.81. The fraction of sp³-hybridized carbons (Fsp3) is 0.133. The van der Waals surface area contributed by atoms with Gasteiger partial charge < -0.3 is 0 Å². The first-order chi connectivity index (χ1) is 9.36. The van der Waals surface area contributed by atoms with E-state index in [0.29, 0.717) is 11.6 Å². The molecule has 0 saturated carbocycles. The highest BCUT2D eigenvalue weighted by atomic mass is 19.4. The molecular formula is C15H10F4O. The Bertz CT molecular complexity index is 618. The predicted octanol–water partition coefficient (Wildman–Crippen LogP) is 4.16. The molecule has 2 aromatic carbocycles. The van der Waals surface area contributed by atoms with Crippen LogP contribution in [-0.2, 0) is 6.42 Å². The molecule has 0 aliphatic rings. The number of carbonyl (C=O) groups excluding carboxylic acids is 1. The topological polar surface area (TPSA) is 17.1 Å². The van der Waals surface area contributed by atoms with E-state index < -0.39 is 23.3 Å². The van der Waals surface area contributed by atoms with Gasteiger partial charge in [0.25, 0.3) is 5.78 Å². The summed E-state index contributed by atoms with van der Waals surface area (Å²) < 4.78 is 50.4. The zero-order chi connectivity index (χ0) is 14.8. The summed E-state index contributed by atoms with van der Waals surface area (Å²) in [5, 5.41) is 0. The van der Waals surface area contributed by atoms with Crippen molar-refractivity contribution in [2.45, 2.75) is 12.6 Å². The number of rotatable bonds is 3. The molecule has 104 valence electrons. The zero-order valence-electron chi connectivity index (χ0n) is 10.2. The van der Waals surface area contributed by atoms with Crippen molar-refractivity contribution in [3.05, 3.63) is 71.0 Å². The number of hydrogen-bond donors (Lipinski definition) is 0. The summed E-state index contributed by atoms with van der Waals surface area (Å²) in [7, 11) is 0. The van der Waals surface area contributed by atoms with Crippen LogP contribution < -0.4 is 0 Å². The normalized spacial score (nSPS) is 11.4. The van der Waals surface area contributed by atoms with Crippen molar-refractivity contribution < 1.29 is 22.4 Å². The minimum absolute atomic E-state index is 0.261. The van der Waals surface area contributed by atoms with Gasteiger partial charge in [-0.2, -0.15) is 13.2 Å². The van der Waals surface area contributed by atoms with Crippen molar-refractivity contribution in [1.29, 1.82) is 0 Å².